The molecule has 256 valence electrons. The van der Waals surface area contributed by atoms with Gasteiger partial charge in [-0.1, -0.05) is 42.5 Å². The summed E-state index contributed by atoms with van der Waals surface area (Å²) >= 11 is 0. The van der Waals surface area contributed by atoms with Crippen LogP contribution in [0.5, 0.6) is 23.0 Å². The molecule has 0 saturated heterocycles. The number of aromatic hydroxyl groups is 2. The maximum Gasteiger partial charge on any atom is 0.340 e. The first kappa shape index (κ1) is 33.3. The normalized spacial score (nSPS) is 12.9. The van der Waals surface area contributed by atoms with Gasteiger partial charge in [-0.15, -0.1) is 0 Å². The van der Waals surface area contributed by atoms with Crippen molar-refractivity contribution in [2.75, 3.05) is 11.5 Å². The van der Waals surface area contributed by atoms with Crippen LogP contribution in [0.2, 0.25) is 0 Å². The summed E-state index contributed by atoms with van der Waals surface area (Å²) in [5.74, 6) is 0.408. The topological polar surface area (TPSA) is 191 Å². The summed E-state index contributed by atoms with van der Waals surface area (Å²) in [6.45, 7) is 3.02. The first-order valence-electron chi connectivity index (χ1n) is 16.4. The number of aromatic nitrogens is 1. The summed E-state index contributed by atoms with van der Waals surface area (Å²) in [7, 11) is 0. The third kappa shape index (κ3) is 5.47. The number of aryl methyl sites for hydroxylation is 1. The fraction of sp³-hybridized carbons (Fsp3) is 0.0732. The minimum Gasteiger partial charge on any atom is -0.508 e. The van der Waals surface area contributed by atoms with E-state index >= 15 is 0 Å². The number of benzene rings is 6. The maximum atomic E-state index is 12.5. The highest BCUT2D eigenvalue weighted by atomic mass is 16.6. The molecule has 3 heterocycles. The van der Waals surface area contributed by atoms with Crippen molar-refractivity contribution in [3.8, 4) is 34.3 Å². The Morgan fingerprint density at radius 2 is 1.27 bits per heavy atom. The summed E-state index contributed by atoms with van der Waals surface area (Å²) in [6, 6.07) is 39.3. The molecular weight excluding hydrogens is 656 g/mol. The largest absolute Gasteiger partial charge is 0.508 e. The van der Waals surface area contributed by atoms with E-state index in [1.54, 1.807) is 24.3 Å². The maximum absolute atomic E-state index is 12.5. The molecule has 0 amide bonds. The first-order valence-corrected chi connectivity index (χ1v) is 16.4. The molecule has 11 heteroatoms. The quantitative estimate of drug-likeness (QED) is 0.0266. The van der Waals surface area contributed by atoms with Gasteiger partial charge in [-0.05, 0) is 73.7 Å². The standard InChI is InChI=1S/C21H19N3.C20H12O5.N3/c1-2-24-20-13-16(23)9-11-18(20)17-10-8-15(22)12-19(17)21(24)14-6-4-3-5-7-14;21-11-5-7-15-17(9-11)24-18-10-12(22)6-8-16(18)20(15)14-4-2-1-3-13(14)19(23)25-20;1-3-2/h3-13,23H,2,22H2,1H3;1-10,21-22H;/q;;-1/p+1. The van der Waals surface area contributed by atoms with Gasteiger partial charge in [0.1, 0.15) is 29.5 Å². The molecule has 9 rings (SSSR count). The smallest absolute Gasteiger partial charge is 0.340 e. The number of carbonyl (C=O) groups excluding carboxylic acids is 1. The second kappa shape index (κ2) is 13.2. The van der Waals surface area contributed by atoms with E-state index in [4.69, 9.17) is 32.0 Å². The second-order valence-corrected chi connectivity index (χ2v) is 12.2. The zero-order valence-corrected chi connectivity index (χ0v) is 27.9. The number of hydrogen-bond acceptors (Lipinski definition) is 7. The molecule has 0 bridgehead atoms. The Morgan fingerprint density at radius 3 is 1.90 bits per heavy atom. The molecule has 6 N–H and O–H groups in total. The van der Waals surface area contributed by atoms with Crippen LogP contribution in [-0.4, -0.2) is 16.2 Å². The van der Waals surface area contributed by atoms with E-state index in [0.717, 1.165) is 23.4 Å². The van der Waals surface area contributed by atoms with Crippen molar-refractivity contribution >= 4 is 39.0 Å². The molecule has 0 radical (unpaired) electrons. The van der Waals surface area contributed by atoms with Gasteiger partial charge in [0.25, 0.3) is 0 Å². The van der Waals surface area contributed by atoms with Gasteiger partial charge in [0.15, 0.2) is 5.60 Å². The van der Waals surface area contributed by atoms with Gasteiger partial charge < -0.3 is 42.2 Å². The molecule has 0 saturated carbocycles. The molecule has 2 aliphatic heterocycles. The Hall–Kier alpha value is -7.23. The van der Waals surface area contributed by atoms with Crippen molar-refractivity contribution in [3.63, 3.8) is 0 Å². The van der Waals surface area contributed by atoms with E-state index in [1.807, 2.05) is 30.3 Å². The van der Waals surface area contributed by atoms with Crippen molar-refractivity contribution in [2.45, 2.75) is 19.1 Å². The Morgan fingerprint density at radius 1 is 0.692 bits per heavy atom. The van der Waals surface area contributed by atoms with Gasteiger partial charge in [-0.25, -0.2) is 4.79 Å². The van der Waals surface area contributed by atoms with Crippen LogP contribution >= 0.6 is 0 Å². The third-order valence-electron chi connectivity index (χ3n) is 9.22. The average Bonchev–Trinajstić information content (AvgIpc) is 3.43. The molecule has 6 aromatic carbocycles. The van der Waals surface area contributed by atoms with Crippen molar-refractivity contribution in [2.24, 2.45) is 0 Å². The minimum absolute atomic E-state index is 0.0371. The fourth-order valence-corrected chi connectivity index (χ4v) is 7.15. The number of rotatable bonds is 2. The number of fused-ring (bicyclic) bond motifs is 9. The average molecular weight is 689 g/mol. The van der Waals surface area contributed by atoms with Crippen LogP contribution in [0.4, 0.5) is 11.4 Å². The van der Waals surface area contributed by atoms with E-state index in [0.29, 0.717) is 33.8 Å². The van der Waals surface area contributed by atoms with Crippen LogP contribution in [0.15, 0.2) is 127 Å². The summed E-state index contributed by atoms with van der Waals surface area (Å²) < 4.78 is 14.1. The molecule has 1 spiro atoms. The fourth-order valence-electron chi connectivity index (χ4n) is 7.15. The number of nitrogen functional groups attached to an aromatic ring is 2. The zero-order valence-electron chi connectivity index (χ0n) is 27.9. The van der Waals surface area contributed by atoms with Gasteiger partial charge in [0, 0.05) is 57.2 Å². The number of carbonyl (C=O) groups is 1. The van der Waals surface area contributed by atoms with E-state index in [2.05, 4.69) is 60.0 Å². The van der Waals surface area contributed by atoms with Gasteiger partial charge >= 0.3 is 5.97 Å². The lowest BCUT2D eigenvalue weighted by Crippen LogP contribution is -2.36. The highest BCUT2D eigenvalue weighted by molar-refractivity contribution is 6.10. The molecule has 0 fully saturated rings. The molecular formula is C41H32N6O5. The number of phenolic OH excluding ortho intramolecular Hbond substituents is 2. The third-order valence-corrected chi connectivity index (χ3v) is 9.22. The Kier molecular flexibility index (Phi) is 8.47. The molecule has 0 unspecified atom stereocenters. The highest BCUT2D eigenvalue weighted by Crippen LogP contribution is 2.56. The lowest BCUT2D eigenvalue weighted by molar-refractivity contribution is -0.655. The number of nitrogens with zero attached hydrogens (tertiary/aromatic N) is 4. The Bertz CT molecular complexity index is 2520. The summed E-state index contributed by atoms with van der Waals surface area (Å²) in [5.41, 5.74) is 32.0. The SMILES string of the molecule is CC[n+]1c(-c2ccccc2)c2cc(N)ccc2c2ccc(N)cc21.O=C1OC2(c3ccc(O)cc3Oc3cc(O)ccc32)c2ccccc21.[N-]=[N+]=[N-]. The Labute approximate surface area is 297 Å². The lowest BCUT2D eigenvalue weighted by Gasteiger charge is -2.36. The molecule has 7 aromatic rings. The minimum atomic E-state index is -1.17. The molecule has 2 aliphatic rings. The van der Waals surface area contributed by atoms with E-state index < -0.39 is 11.6 Å². The summed E-state index contributed by atoms with van der Waals surface area (Å²) in [4.78, 5) is 14.0. The van der Waals surface area contributed by atoms with Crippen LogP contribution in [0, 0.1) is 0 Å². The van der Waals surface area contributed by atoms with Gasteiger partial charge in [0.05, 0.1) is 16.3 Å². The van der Waals surface area contributed by atoms with E-state index in [-0.39, 0.29) is 11.5 Å². The van der Waals surface area contributed by atoms with E-state index in [1.165, 1.54) is 56.6 Å². The molecule has 52 heavy (non-hydrogen) atoms. The number of pyridine rings is 1. The second-order valence-electron chi connectivity index (χ2n) is 12.2. The van der Waals surface area contributed by atoms with E-state index in [9.17, 15) is 15.0 Å². The number of anilines is 2. The number of esters is 1. The monoisotopic (exact) mass is 688 g/mol. The molecule has 1 aromatic heterocycles. The van der Waals surface area contributed by atoms with Gasteiger partial charge in [0.2, 0.25) is 11.2 Å². The number of ether oxygens (including phenoxy) is 2. The van der Waals surface area contributed by atoms with Gasteiger partial charge in [-0.3, -0.25) is 4.91 Å². The zero-order chi connectivity index (χ0) is 36.6. The first-order chi connectivity index (χ1) is 25.2. The Balaban J connectivity index is 0.000000151. The van der Waals surface area contributed by atoms with Crippen LogP contribution in [0.3, 0.4) is 0 Å². The molecule has 0 aliphatic carbocycles. The summed E-state index contributed by atoms with van der Waals surface area (Å²) in [6.07, 6.45) is 0. The molecule has 0 atom stereocenters. The highest BCUT2D eigenvalue weighted by Gasteiger charge is 2.53. The van der Waals surface area contributed by atoms with Crippen LogP contribution in [0.1, 0.15) is 34.0 Å². The van der Waals surface area contributed by atoms with Crippen molar-refractivity contribution in [1.82, 2.24) is 0 Å². The van der Waals surface area contributed by atoms with Gasteiger partial charge in [-0.2, -0.15) is 4.57 Å². The van der Waals surface area contributed by atoms with Crippen LogP contribution in [-0.2, 0) is 16.9 Å². The lowest BCUT2D eigenvalue weighted by atomic mass is 9.77. The summed E-state index contributed by atoms with van der Waals surface area (Å²) in [5, 5.41) is 23.2. The number of hydrogen-bond donors (Lipinski definition) is 4. The van der Waals surface area contributed by atoms with Crippen molar-refractivity contribution < 1.29 is 29.0 Å². The van der Waals surface area contributed by atoms with Crippen molar-refractivity contribution in [3.05, 3.63) is 166 Å². The predicted octanol–water partition coefficient (Wildman–Crippen LogP) is 8.66. The number of nitrogens with two attached hydrogens (primary N) is 2. The molecule has 11 nitrogen and oxygen atoms in total. The predicted molar refractivity (Wildman–Crippen MR) is 200 cm³/mol. The van der Waals surface area contributed by atoms with Crippen LogP contribution < -0.4 is 20.8 Å². The van der Waals surface area contributed by atoms with Crippen LogP contribution in [0.25, 0.3) is 48.9 Å². The number of phenols is 2. The van der Waals surface area contributed by atoms with Crippen molar-refractivity contribution in [1.29, 1.82) is 0 Å².